The van der Waals surface area contributed by atoms with Crippen LogP contribution in [0.5, 0.6) is 92.0 Å². The molecule has 0 saturated carbocycles. The first-order chi connectivity index (χ1) is 44.7. The molecule has 8 aliphatic heterocycles. The Morgan fingerprint density at radius 2 is 0.276 bits per heavy atom. The third-order valence-electron chi connectivity index (χ3n) is 16.4. The van der Waals surface area contributed by atoms with Gasteiger partial charge in [-0.25, -0.2) is 0 Å². The molecular formula is C80H88O16Ti2. The molecule has 16 nitrogen and oxygen atoms in total. The number of hydrogen-bond acceptors (Lipinski definition) is 16. The van der Waals surface area contributed by atoms with Gasteiger partial charge in [0.2, 0.25) is 0 Å². The van der Waals surface area contributed by atoms with Gasteiger partial charge in [0.05, 0.1) is 0 Å². The molecule has 0 radical (unpaired) electrons. The summed E-state index contributed by atoms with van der Waals surface area (Å²) in [6.45, 7) is 31.9. The summed E-state index contributed by atoms with van der Waals surface area (Å²) in [5.74, 6) is 4.34. The largest absolute Gasteiger partial charge is 4.00 e. The van der Waals surface area contributed by atoms with Crippen LogP contribution in [0, 0.1) is 0 Å². The molecular weight excluding hydrogens is 1310 g/mol. The topological polar surface area (TPSA) is 258 Å². The number of ether oxygens (including phenoxy) is 8. The summed E-state index contributed by atoms with van der Waals surface area (Å²) in [4.78, 5) is 0. The van der Waals surface area contributed by atoms with Crippen molar-refractivity contribution in [3.63, 3.8) is 0 Å². The predicted octanol–water partition coefficient (Wildman–Crippen LogP) is 11.8. The number of fused-ring (bicyclic) bond motifs is 8. The van der Waals surface area contributed by atoms with Crippen LogP contribution in [0.4, 0.5) is 0 Å². The van der Waals surface area contributed by atoms with Crippen molar-refractivity contribution in [1.82, 2.24) is 0 Å². The second-order valence-electron chi connectivity index (χ2n) is 30.3. The Labute approximate surface area is 607 Å². The average molecular weight is 1400 g/mol. The fourth-order valence-electron chi connectivity index (χ4n) is 12.7. The van der Waals surface area contributed by atoms with Gasteiger partial charge in [0.15, 0.2) is 0 Å². The number of rotatable bonds is 0. The Morgan fingerprint density at radius 3 is 0.357 bits per heavy atom. The van der Waals surface area contributed by atoms with Gasteiger partial charge in [-0.3, -0.25) is 0 Å². The van der Waals surface area contributed by atoms with Crippen molar-refractivity contribution in [3.8, 4) is 92.0 Å². The first-order valence-electron chi connectivity index (χ1n) is 32.5. The molecule has 0 amide bonds. The molecule has 512 valence electrons. The Balaban J connectivity index is 0.000000157. The molecule has 8 heterocycles. The van der Waals surface area contributed by atoms with Crippen molar-refractivity contribution < 1.29 is 122 Å². The van der Waals surface area contributed by atoms with Crippen LogP contribution in [-0.4, -0.2) is 44.8 Å². The van der Waals surface area contributed by atoms with Crippen LogP contribution in [0.2, 0.25) is 0 Å². The van der Waals surface area contributed by atoms with E-state index in [1.165, 1.54) is 0 Å². The van der Waals surface area contributed by atoms with Crippen molar-refractivity contribution in [3.05, 3.63) is 190 Å². The van der Waals surface area contributed by atoms with Gasteiger partial charge in [0, 0.05) is 51.4 Å². The fraction of sp³-hybridized carbons (Fsp3) is 0.400. The van der Waals surface area contributed by atoms with Crippen LogP contribution >= 0.6 is 0 Å². The molecule has 8 aliphatic rings. The van der Waals surface area contributed by atoms with E-state index < -0.39 is 0 Å². The van der Waals surface area contributed by atoms with Gasteiger partial charge in [-0.15, -0.1) is 0 Å². The minimum absolute atomic E-state index is 0. The van der Waals surface area contributed by atoms with Crippen molar-refractivity contribution >= 4 is 0 Å². The first kappa shape index (κ1) is 77.3. The molecule has 18 heteroatoms. The van der Waals surface area contributed by atoms with Crippen LogP contribution in [0.15, 0.2) is 146 Å². The van der Waals surface area contributed by atoms with Crippen molar-refractivity contribution in [2.24, 2.45) is 0 Å². The average Bonchev–Trinajstić information content (AvgIpc) is 1.76. The Bertz CT molecular complexity index is 3330. The van der Waals surface area contributed by atoms with Crippen LogP contribution in [0.1, 0.15) is 155 Å². The summed E-state index contributed by atoms with van der Waals surface area (Å²) < 4.78 is 44.1. The molecule has 0 aromatic heterocycles. The van der Waals surface area contributed by atoms with Crippen LogP contribution in [0.25, 0.3) is 0 Å². The molecule has 0 saturated heterocycles. The van der Waals surface area contributed by atoms with Crippen molar-refractivity contribution in [2.75, 3.05) is 0 Å². The molecule has 16 rings (SSSR count). The van der Waals surface area contributed by atoms with E-state index in [9.17, 15) is 40.9 Å². The van der Waals surface area contributed by atoms with Gasteiger partial charge in [-0.2, -0.15) is 0 Å². The van der Waals surface area contributed by atoms with Crippen LogP contribution in [-0.2, 0) is 94.8 Å². The summed E-state index contributed by atoms with van der Waals surface area (Å²) in [6, 6.07) is 42.2. The standard InChI is InChI=1S/8C10H12O2.2Ti/c8*1-10(2)6-7-4-3-5-8(11)9(7)12-10;;/h8*3-5,11H,6H2,1-2H3;;/q;;;;;;;;2*+4/p-8. The summed E-state index contributed by atoms with van der Waals surface area (Å²) in [5.41, 5.74) is 6.63. The van der Waals surface area contributed by atoms with Gasteiger partial charge < -0.3 is 78.7 Å². The summed E-state index contributed by atoms with van der Waals surface area (Å²) in [6.07, 6.45) is 6.65. The quantitative estimate of drug-likeness (QED) is 0.128. The van der Waals surface area contributed by atoms with E-state index in [1.807, 2.05) is 159 Å². The monoisotopic (exact) mass is 1400 g/mol. The summed E-state index contributed by atoms with van der Waals surface area (Å²) in [7, 11) is 0. The van der Waals surface area contributed by atoms with Crippen molar-refractivity contribution in [1.29, 1.82) is 0 Å². The molecule has 0 aliphatic carbocycles. The predicted molar refractivity (Wildman–Crippen MR) is 354 cm³/mol. The minimum Gasteiger partial charge on any atom is -0.870 e. The molecule has 0 unspecified atom stereocenters. The number of hydrogen-bond donors (Lipinski definition) is 0. The van der Waals surface area contributed by atoms with Gasteiger partial charge in [0.1, 0.15) is 90.8 Å². The third-order valence-corrected chi connectivity index (χ3v) is 16.4. The number of para-hydroxylation sites is 8. The molecule has 8 aromatic rings. The maximum Gasteiger partial charge on any atom is 4.00 e. The smallest absolute Gasteiger partial charge is 0.870 e. The minimum atomic E-state index is -0.206. The summed E-state index contributed by atoms with van der Waals surface area (Å²) in [5, 5.41) is 90.2. The molecule has 0 N–H and O–H groups in total. The van der Waals surface area contributed by atoms with E-state index in [-0.39, 0.29) is 134 Å². The van der Waals surface area contributed by atoms with E-state index in [2.05, 4.69) is 0 Å². The molecule has 0 spiro atoms. The molecule has 8 aromatic carbocycles. The maximum absolute atomic E-state index is 11.3. The molecule has 98 heavy (non-hydrogen) atoms. The van der Waals surface area contributed by atoms with Crippen molar-refractivity contribution in [2.45, 2.75) is 207 Å². The third kappa shape index (κ3) is 19.7. The SMILES string of the molecule is CC1(C)Cc2cccc([O-])c2O1.CC1(C)Cc2cccc([O-])c2O1.CC1(C)Cc2cccc([O-])c2O1.CC1(C)Cc2cccc([O-])c2O1.CC1(C)Cc2cccc([O-])c2O1.CC1(C)Cc2cccc([O-])c2O1.CC1(C)Cc2cccc([O-])c2O1.CC1(C)Cc2cccc([O-])c2O1.[Ti+4].[Ti+4]. The fourth-order valence-corrected chi connectivity index (χ4v) is 12.7. The maximum atomic E-state index is 11.3. The molecule has 0 bridgehead atoms. The van der Waals surface area contributed by atoms with Gasteiger partial charge in [-0.05, 0) is 155 Å². The van der Waals surface area contributed by atoms with E-state index in [0.29, 0.717) is 46.0 Å². The normalized spacial score (nSPS) is 18.1. The zero-order valence-electron chi connectivity index (χ0n) is 59.0. The Morgan fingerprint density at radius 1 is 0.184 bits per heavy atom. The second-order valence-corrected chi connectivity index (χ2v) is 30.3. The van der Waals surface area contributed by atoms with E-state index in [4.69, 9.17) is 37.9 Å². The van der Waals surface area contributed by atoms with Crippen LogP contribution in [0.3, 0.4) is 0 Å². The zero-order valence-corrected chi connectivity index (χ0v) is 62.2. The summed E-state index contributed by atoms with van der Waals surface area (Å²) >= 11 is 0. The van der Waals surface area contributed by atoms with E-state index in [0.717, 1.165) is 95.9 Å². The van der Waals surface area contributed by atoms with Gasteiger partial charge >= 0.3 is 43.4 Å². The molecule has 0 atom stereocenters. The Kier molecular flexibility index (Phi) is 23.5. The van der Waals surface area contributed by atoms with Crippen LogP contribution < -0.4 is 78.7 Å². The Hall–Kier alpha value is -8.01. The number of benzene rings is 8. The molecule has 0 fully saturated rings. The second kappa shape index (κ2) is 29.8. The van der Waals surface area contributed by atoms with Gasteiger partial charge in [0.25, 0.3) is 0 Å². The van der Waals surface area contributed by atoms with E-state index in [1.54, 1.807) is 97.1 Å². The zero-order chi connectivity index (χ0) is 70.1. The van der Waals surface area contributed by atoms with E-state index >= 15 is 0 Å². The van der Waals surface area contributed by atoms with Gasteiger partial charge in [-0.1, -0.05) is 192 Å². The first-order valence-corrected chi connectivity index (χ1v) is 32.5.